The number of unbranched alkanes of at least 4 members (excludes halogenated alkanes) is 16. The van der Waals surface area contributed by atoms with E-state index >= 15 is 0 Å². The Labute approximate surface area is 179 Å². The summed E-state index contributed by atoms with van der Waals surface area (Å²) in [6.45, 7) is 1.000. The zero-order chi connectivity index (χ0) is 19.3. The number of hydrogen-bond donors (Lipinski definition) is 0. The molecule has 0 unspecified atom stereocenters. The van der Waals surface area contributed by atoms with E-state index in [4.69, 9.17) is 4.74 Å². The first-order valence-electron chi connectivity index (χ1n) is 12.2. The van der Waals surface area contributed by atoms with E-state index in [2.05, 4.69) is 28.8 Å². The van der Waals surface area contributed by atoms with Gasteiger partial charge in [-0.3, -0.25) is 0 Å². The van der Waals surface area contributed by atoms with Gasteiger partial charge in [-0.1, -0.05) is 106 Å². The van der Waals surface area contributed by atoms with Crippen molar-refractivity contribution < 1.29 is 4.74 Å². The third-order valence-corrected chi connectivity index (χ3v) is 6.36. The van der Waals surface area contributed by atoms with Crippen molar-refractivity contribution >= 4 is 15.9 Å². The van der Waals surface area contributed by atoms with Gasteiger partial charge >= 0.3 is 0 Å². The van der Waals surface area contributed by atoms with Crippen molar-refractivity contribution in [2.24, 2.45) is 0 Å². The quantitative estimate of drug-likeness (QED) is 0.135. The summed E-state index contributed by atoms with van der Waals surface area (Å²) in [5, 5.41) is 1.06. The third kappa shape index (κ3) is 18.2. The van der Waals surface area contributed by atoms with Crippen molar-refractivity contribution in [3.05, 3.63) is 12.8 Å². The Kier molecular flexibility index (Phi) is 20.0. The van der Waals surface area contributed by atoms with E-state index < -0.39 is 0 Å². The van der Waals surface area contributed by atoms with Gasteiger partial charge in [0.05, 0.1) is 6.10 Å². The van der Waals surface area contributed by atoms with Crippen LogP contribution in [0.1, 0.15) is 128 Å². The standard InChI is InChI=1S/C25H47BrO/c26-23-19-14-12-10-8-6-4-2-1-3-5-7-9-11-13-15-20-24-27-25-21-17-16-18-22-25/h16,19,25H,1-15,17-18,20-24H2. The molecule has 0 aromatic heterocycles. The van der Waals surface area contributed by atoms with Gasteiger partial charge in [0.15, 0.2) is 0 Å². The van der Waals surface area contributed by atoms with Crippen LogP contribution in [0.15, 0.2) is 0 Å². The maximum absolute atomic E-state index is 5.99. The predicted molar refractivity (Wildman–Crippen MR) is 124 cm³/mol. The highest BCUT2D eigenvalue weighted by Gasteiger charge is 2.12. The Morgan fingerprint density at radius 1 is 0.667 bits per heavy atom. The van der Waals surface area contributed by atoms with Gasteiger partial charge < -0.3 is 4.74 Å². The molecule has 2 heteroatoms. The monoisotopic (exact) mass is 442 g/mol. The first-order valence-corrected chi connectivity index (χ1v) is 13.4. The molecule has 1 aliphatic carbocycles. The number of ether oxygens (including phenoxy) is 1. The Morgan fingerprint density at radius 2 is 1.11 bits per heavy atom. The van der Waals surface area contributed by atoms with Crippen LogP contribution in [0.4, 0.5) is 0 Å². The average molecular weight is 444 g/mol. The van der Waals surface area contributed by atoms with Gasteiger partial charge in [0, 0.05) is 11.9 Å². The maximum Gasteiger partial charge on any atom is 0.0575 e. The largest absolute Gasteiger partial charge is 0.378 e. The molecule has 0 aliphatic heterocycles. The van der Waals surface area contributed by atoms with Gasteiger partial charge in [0.2, 0.25) is 0 Å². The molecule has 1 nitrogen and oxygen atoms in total. The SMILES string of the molecule is BrC[CH]CCCCCCCCCCCCCCCCCOC1CC[CH]CC1. The molecule has 0 amide bonds. The lowest BCUT2D eigenvalue weighted by atomic mass is 9.98. The minimum Gasteiger partial charge on any atom is -0.378 e. The van der Waals surface area contributed by atoms with Crippen LogP contribution in [0, 0.1) is 12.8 Å². The van der Waals surface area contributed by atoms with Crippen LogP contribution >= 0.6 is 15.9 Å². The van der Waals surface area contributed by atoms with Gasteiger partial charge in [0.1, 0.15) is 0 Å². The highest BCUT2D eigenvalue weighted by Crippen LogP contribution is 2.20. The summed E-state index contributed by atoms with van der Waals surface area (Å²) in [7, 11) is 0. The normalized spacial score (nSPS) is 15.4. The second-order valence-electron chi connectivity index (χ2n) is 8.47. The van der Waals surface area contributed by atoms with E-state index in [-0.39, 0.29) is 0 Å². The molecule has 0 aromatic rings. The first kappa shape index (κ1) is 25.5. The second-order valence-corrected chi connectivity index (χ2v) is 9.12. The summed E-state index contributed by atoms with van der Waals surface area (Å²) in [6.07, 6.45) is 33.1. The molecule has 0 heterocycles. The summed E-state index contributed by atoms with van der Waals surface area (Å²) in [5.41, 5.74) is 0. The molecule has 1 fully saturated rings. The lowest BCUT2D eigenvalue weighted by molar-refractivity contribution is 0.0326. The predicted octanol–water partition coefficient (Wildman–Crippen LogP) is 8.99. The molecule has 27 heavy (non-hydrogen) atoms. The van der Waals surface area contributed by atoms with Crippen molar-refractivity contribution in [3.63, 3.8) is 0 Å². The zero-order valence-corrected chi connectivity index (χ0v) is 19.7. The van der Waals surface area contributed by atoms with Crippen LogP contribution in [0.2, 0.25) is 0 Å². The summed E-state index contributed by atoms with van der Waals surface area (Å²) in [4.78, 5) is 0. The molecule has 0 bridgehead atoms. The summed E-state index contributed by atoms with van der Waals surface area (Å²) in [6, 6.07) is 0. The molecular formula is C25H47BrO. The Morgan fingerprint density at radius 3 is 1.59 bits per heavy atom. The van der Waals surface area contributed by atoms with Crippen LogP contribution in [0.5, 0.6) is 0 Å². The fourth-order valence-electron chi connectivity index (χ4n) is 4.08. The highest BCUT2D eigenvalue weighted by atomic mass is 79.9. The molecular weight excluding hydrogens is 396 g/mol. The summed E-state index contributed by atoms with van der Waals surface area (Å²) >= 11 is 3.45. The fourth-order valence-corrected chi connectivity index (χ4v) is 4.40. The van der Waals surface area contributed by atoms with Gasteiger partial charge in [0.25, 0.3) is 0 Å². The van der Waals surface area contributed by atoms with Gasteiger partial charge in [-0.25, -0.2) is 0 Å². The van der Waals surface area contributed by atoms with E-state index in [1.165, 1.54) is 128 Å². The van der Waals surface area contributed by atoms with Gasteiger partial charge in [-0.05, 0) is 51.4 Å². The smallest absolute Gasteiger partial charge is 0.0575 e. The van der Waals surface area contributed by atoms with E-state index in [0.29, 0.717) is 6.10 Å². The molecule has 0 spiro atoms. The van der Waals surface area contributed by atoms with Crippen LogP contribution in [-0.4, -0.2) is 18.0 Å². The lowest BCUT2D eigenvalue weighted by Crippen LogP contribution is -2.17. The van der Waals surface area contributed by atoms with E-state index in [9.17, 15) is 0 Å². The molecule has 1 rings (SSSR count). The topological polar surface area (TPSA) is 9.23 Å². The van der Waals surface area contributed by atoms with E-state index in [1.807, 2.05) is 0 Å². The lowest BCUT2D eigenvalue weighted by Gasteiger charge is -2.21. The third-order valence-electron chi connectivity index (χ3n) is 5.90. The van der Waals surface area contributed by atoms with Crippen LogP contribution < -0.4 is 0 Å². The molecule has 0 atom stereocenters. The zero-order valence-electron chi connectivity index (χ0n) is 18.1. The maximum atomic E-state index is 5.99. The van der Waals surface area contributed by atoms with E-state index in [0.717, 1.165) is 11.9 Å². The second kappa shape index (κ2) is 21.2. The average Bonchev–Trinajstić information content (AvgIpc) is 2.70. The number of alkyl halides is 1. The summed E-state index contributed by atoms with van der Waals surface area (Å²) in [5.74, 6) is 0. The summed E-state index contributed by atoms with van der Waals surface area (Å²) < 4.78 is 5.99. The number of rotatable bonds is 20. The Bertz CT molecular complexity index is 275. The van der Waals surface area contributed by atoms with Crippen LogP contribution in [0.25, 0.3) is 0 Å². The molecule has 0 N–H and O–H groups in total. The van der Waals surface area contributed by atoms with Crippen LogP contribution in [-0.2, 0) is 4.74 Å². The molecule has 0 aromatic carbocycles. The molecule has 1 saturated carbocycles. The Balaban J connectivity index is 1.64. The first-order chi connectivity index (χ1) is 13.4. The van der Waals surface area contributed by atoms with Crippen molar-refractivity contribution in [2.45, 2.75) is 135 Å². The molecule has 2 radical (unpaired) electrons. The van der Waals surface area contributed by atoms with Crippen molar-refractivity contribution in [1.82, 2.24) is 0 Å². The Hall–Kier alpha value is 0.440. The van der Waals surface area contributed by atoms with Crippen molar-refractivity contribution in [1.29, 1.82) is 0 Å². The molecule has 0 saturated heterocycles. The van der Waals surface area contributed by atoms with Crippen molar-refractivity contribution in [3.8, 4) is 0 Å². The minimum absolute atomic E-state index is 0.567. The minimum atomic E-state index is 0.567. The van der Waals surface area contributed by atoms with Crippen LogP contribution in [0.3, 0.4) is 0 Å². The highest BCUT2D eigenvalue weighted by molar-refractivity contribution is 9.09. The number of halogens is 1. The van der Waals surface area contributed by atoms with Gasteiger partial charge in [-0.2, -0.15) is 0 Å². The molecule has 160 valence electrons. The van der Waals surface area contributed by atoms with E-state index in [1.54, 1.807) is 0 Å². The van der Waals surface area contributed by atoms with Gasteiger partial charge in [-0.15, -0.1) is 0 Å². The van der Waals surface area contributed by atoms with Crippen molar-refractivity contribution in [2.75, 3.05) is 11.9 Å². The fraction of sp³-hybridized carbons (Fsp3) is 0.920. The number of hydrogen-bond acceptors (Lipinski definition) is 1. The molecule has 1 aliphatic rings.